The average molecular weight is 294 g/mol. The van der Waals surface area contributed by atoms with Crippen LogP contribution in [0.2, 0.25) is 0 Å². The molecular weight excluding hydrogens is 276 g/mol. The Morgan fingerprint density at radius 2 is 2.19 bits per heavy atom. The maximum atomic E-state index is 12.4. The fraction of sp³-hybridized carbons (Fsp3) is 0.538. The Morgan fingerprint density at radius 3 is 2.90 bits per heavy atom. The van der Waals surface area contributed by atoms with Crippen molar-refractivity contribution in [3.05, 3.63) is 21.9 Å². The minimum atomic E-state index is -0.316. The predicted octanol–water partition coefficient (Wildman–Crippen LogP) is 0.154. The van der Waals surface area contributed by atoms with Crippen LogP contribution in [0.25, 0.3) is 11.1 Å². The lowest BCUT2D eigenvalue weighted by Gasteiger charge is -2.09. The summed E-state index contributed by atoms with van der Waals surface area (Å²) in [4.78, 5) is 28.4. The number of nitrogens with zero attached hydrogens (tertiary/aromatic N) is 3. The van der Waals surface area contributed by atoms with Gasteiger partial charge >= 0.3 is 0 Å². The van der Waals surface area contributed by atoms with Crippen LogP contribution >= 0.6 is 0 Å². The van der Waals surface area contributed by atoms with E-state index in [-0.39, 0.29) is 23.7 Å². The molecule has 0 saturated carbocycles. The van der Waals surface area contributed by atoms with Gasteiger partial charge in [-0.2, -0.15) is 4.98 Å². The molecule has 0 saturated heterocycles. The van der Waals surface area contributed by atoms with E-state index in [1.165, 1.54) is 4.57 Å². The SMILES string of the molecule is COCCCNC(=O)Cn1c(C)nc2onc(C)c2c1=O. The number of fused-ring (bicyclic) bond motifs is 1. The third-order valence-corrected chi connectivity index (χ3v) is 3.11. The summed E-state index contributed by atoms with van der Waals surface area (Å²) in [7, 11) is 1.60. The highest BCUT2D eigenvalue weighted by Crippen LogP contribution is 2.11. The topological polar surface area (TPSA) is 99.2 Å². The third kappa shape index (κ3) is 3.27. The molecule has 2 heterocycles. The Labute approximate surface area is 121 Å². The monoisotopic (exact) mass is 294 g/mol. The summed E-state index contributed by atoms with van der Waals surface area (Å²) in [6.45, 7) is 4.32. The van der Waals surface area contributed by atoms with Crippen LogP contribution in [0.5, 0.6) is 0 Å². The van der Waals surface area contributed by atoms with Gasteiger partial charge < -0.3 is 14.6 Å². The van der Waals surface area contributed by atoms with Crippen LogP contribution in [0.4, 0.5) is 0 Å². The van der Waals surface area contributed by atoms with E-state index in [2.05, 4.69) is 15.5 Å². The first-order valence-electron chi connectivity index (χ1n) is 6.63. The van der Waals surface area contributed by atoms with Crippen molar-refractivity contribution < 1.29 is 14.1 Å². The molecule has 114 valence electrons. The van der Waals surface area contributed by atoms with Gasteiger partial charge in [0.05, 0.1) is 5.69 Å². The zero-order chi connectivity index (χ0) is 15.4. The molecule has 1 amide bonds. The van der Waals surface area contributed by atoms with E-state index >= 15 is 0 Å². The molecular formula is C13H18N4O4. The Hall–Kier alpha value is -2.22. The Balaban J connectivity index is 2.16. The molecule has 0 radical (unpaired) electrons. The molecule has 0 bridgehead atoms. The first-order chi connectivity index (χ1) is 10.0. The summed E-state index contributed by atoms with van der Waals surface area (Å²) in [5, 5.41) is 6.77. The van der Waals surface area contributed by atoms with Gasteiger partial charge in [0, 0.05) is 20.3 Å². The number of carbonyl (C=O) groups excluding carboxylic acids is 1. The van der Waals surface area contributed by atoms with Crippen LogP contribution in [-0.4, -0.2) is 40.9 Å². The summed E-state index contributed by atoms with van der Waals surface area (Å²) in [6, 6.07) is 0. The number of aryl methyl sites for hydroxylation is 2. The number of hydrogen-bond donors (Lipinski definition) is 1. The predicted molar refractivity (Wildman–Crippen MR) is 75.0 cm³/mol. The van der Waals surface area contributed by atoms with Crippen molar-refractivity contribution in [2.24, 2.45) is 0 Å². The van der Waals surface area contributed by atoms with Crippen LogP contribution in [0, 0.1) is 13.8 Å². The Kier molecular flexibility index (Phi) is 4.69. The van der Waals surface area contributed by atoms with E-state index in [4.69, 9.17) is 9.26 Å². The third-order valence-electron chi connectivity index (χ3n) is 3.11. The van der Waals surface area contributed by atoms with Gasteiger partial charge in [-0.1, -0.05) is 5.16 Å². The van der Waals surface area contributed by atoms with Gasteiger partial charge in [-0.3, -0.25) is 14.2 Å². The molecule has 0 unspecified atom stereocenters. The lowest BCUT2D eigenvalue weighted by Crippen LogP contribution is -2.34. The van der Waals surface area contributed by atoms with E-state index < -0.39 is 0 Å². The zero-order valence-electron chi connectivity index (χ0n) is 12.3. The number of amides is 1. The first kappa shape index (κ1) is 15.2. The highest BCUT2D eigenvalue weighted by Gasteiger charge is 2.16. The standard InChI is InChI=1S/C13H18N4O4/c1-8-11-12(21-16-8)15-9(2)17(13(11)19)7-10(18)14-5-4-6-20-3/h4-7H2,1-3H3,(H,14,18). The first-order valence-corrected chi connectivity index (χ1v) is 6.63. The normalized spacial score (nSPS) is 11.0. The molecule has 21 heavy (non-hydrogen) atoms. The summed E-state index contributed by atoms with van der Waals surface area (Å²) < 4.78 is 11.2. The van der Waals surface area contributed by atoms with Crippen molar-refractivity contribution in [3.8, 4) is 0 Å². The molecule has 0 aromatic carbocycles. The van der Waals surface area contributed by atoms with E-state index in [1.54, 1.807) is 21.0 Å². The highest BCUT2D eigenvalue weighted by atomic mass is 16.5. The second-order valence-corrected chi connectivity index (χ2v) is 4.69. The number of nitrogens with one attached hydrogen (secondary N) is 1. The maximum Gasteiger partial charge on any atom is 0.267 e. The van der Waals surface area contributed by atoms with Crippen molar-refractivity contribution in [3.63, 3.8) is 0 Å². The molecule has 2 aromatic rings. The van der Waals surface area contributed by atoms with Crippen LogP contribution in [0.1, 0.15) is 17.9 Å². The number of aromatic nitrogens is 3. The zero-order valence-corrected chi connectivity index (χ0v) is 12.3. The largest absolute Gasteiger partial charge is 0.385 e. The average Bonchev–Trinajstić information content (AvgIpc) is 2.81. The van der Waals surface area contributed by atoms with Crippen LogP contribution in [0.15, 0.2) is 9.32 Å². The number of hydrogen-bond acceptors (Lipinski definition) is 6. The van der Waals surface area contributed by atoms with Crippen LogP contribution in [0.3, 0.4) is 0 Å². The summed E-state index contributed by atoms with van der Waals surface area (Å²) in [6.07, 6.45) is 0.720. The van der Waals surface area contributed by atoms with Gasteiger partial charge in [0.25, 0.3) is 11.3 Å². The van der Waals surface area contributed by atoms with E-state index in [1.807, 2.05) is 0 Å². The molecule has 0 spiro atoms. The lowest BCUT2D eigenvalue weighted by atomic mass is 10.3. The van der Waals surface area contributed by atoms with Crippen LogP contribution < -0.4 is 10.9 Å². The quantitative estimate of drug-likeness (QED) is 0.762. The molecule has 1 N–H and O–H groups in total. The summed E-state index contributed by atoms with van der Waals surface area (Å²) >= 11 is 0. The second-order valence-electron chi connectivity index (χ2n) is 4.69. The number of methoxy groups -OCH3 is 1. The molecule has 8 nitrogen and oxygen atoms in total. The molecule has 0 fully saturated rings. The van der Waals surface area contributed by atoms with Gasteiger partial charge in [0.15, 0.2) is 0 Å². The summed E-state index contributed by atoms with van der Waals surface area (Å²) in [5.74, 6) is 0.169. The van der Waals surface area contributed by atoms with E-state index in [0.717, 1.165) is 6.42 Å². The maximum absolute atomic E-state index is 12.4. The molecule has 8 heteroatoms. The molecule has 0 aliphatic carbocycles. The van der Waals surface area contributed by atoms with Gasteiger partial charge in [-0.15, -0.1) is 0 Å². The summed E-state index contributed by atoms with van der Waals surface area (Å²) in [5.41, 5.74) is 0.354. The Bertz CT molecular complexity index is 704. The second kappa shape index (κ2) is 6.49. The van der Waals surface area contributed by atoms with Gasteiger partial charge in [0.1, 0.15) is 17.8 Å². The molecule has 2 aromatic heterocycles. The van der Waals surface area contributed by atoms with Crippen molar-refractivity contribution in [2.75, 3.05) is 20.3 Å². The van der Waals surface area contributed by atoms with Crippen molar-refractivity contribution in [1.82, 2.24) is 20.0 Å². The Morgan fingerprint density at radius 1 is 1.43 bits per heavy atom. The smallest absolute Gasteiger partial charge is 0.267 e. The van der Waals surface area contributed by atoms with E-state index in [0.29, 0.717) is 30.1 Å². The molecule has 0 aliphatic rings. The van der Waals surface area contributed by atoms with Crippen molar-refractivity contribution in [2.45, 2.75) is 26.8 Å². The fourth-order valence-corrected chi connectivity index (χ4v) is 2.00. The van der Waals surface area contributed by atoms with Crippen LogP contribution in [-0.2, 0) is 16.1 Å². The van der Waals surface area contributed by atoms with Gasteiger partial charge in [0.2, 0.25) is 5.91 Å². The van der Waals surface area contributed by atoms with Gasteiger partial charge in [-0.05, 0) is 20.3 Å². The minimum absolute atomic E-state index is 0.0782. The highest BCUT2D eigenvalue weighted by molar-refractivity contribution is 5.77. The number of ether oxygens (including phenoxy) is 1. The fourth-order valence-electron chi connectivity index (χ4n) is 2.00. The number of carbonyl (C=O) groups is 1. The molecule has 0 atom stereocenters. The molecule has 0 aliphatic heterocycles. The minimum Gasteiger partial charge on any atom is -0.385 e. The number of rotatable bonds is 6. The van der Waals surface area contributed by atoms with Crippen molar-refractivity contribution in [1.29, 1.82) is 0 Å². The van der Waals surface area contributed by atoms with Gasteiger partial charge in [-0.25, -0.2) is 0 Å². The van der Waals surface area contributed by atoms with Crippen molar-refractivity contribution >= 4 is 17.0 Å². The molecule has 2 rings (SSSR count). The van der Waals surface area contributed by atoms with E-state index in [9.17, 15) is 9.59 Å². The lowest BCUT2D eigenvalue weighted by molar-refractivity contribution is -0.121.